The van der Waals surface area contributed by atoms with Gasteiger partial charge in [-0.3, -0.25) is 0 Å². The molecule has 0 N–H and O–H groups in total. The fraction of sp³-hybridized carbons (Fsp3) is 0.324. The fourth-order valence-electron chi connectivity index (χ4n) is 12.6. The van der Waals surface area contributed by atoms with E-state index in [1.807, 2.05) is 11.3 Å². The van der Waals surface area contributed by atoms with Crippen molar-refractivity contribution < 1.29 is 0 Å². The van der Waals surface area contributed by atoms with Gasteiger partial charge in [0.25, 0.3) is 0 Å². The highest BCUT2D eigenvalue weighted by molar-refractivity contribution is 7.26. The summed E-state index contributed by atoms with van der Waals surface area (Å²) in [6, 6.07) is 53.6. The molecule has 0 saturated heterocycles. The Labute approximate surface area is 460 Å². The molecule has 13 aromatic rings. The van der Waals surface area contributed by atoms with Crippen LogP contribution in [0.15, 0.2) is 133 Å². The van der Waals surface area contributed by atoms with Crippen LogP contribution in [-0.2, 0) is 32.5 Å². The molecule has 0 aliphatic rings. The van der Waals surface area contributed by atoms with Crippen LogP contribution in [0.25, 0.3) is 119 Å². The molecule has 77 heavy (non-hydrogen) atoms. The molecule has 0 radical (unpaired) electrons. The van der Waals surface area contributed by atoms with Crippen LogP contribution in [0.4, 0.5) is 0 Å². The molecule has 13 rings (SSSR count). The molecule has 0 fully saturated rings. The minimum atomic E-state index is -0.0130. The Morgan fingerprint density at radius 3 is 1.05 bits per heavy atom. The Hall–Kier alpha value is -6.68. The summed E-state index contributed by atoms with van der Waals surface area (Å²) in [6.45, 7) is 42.3. The molecule has 0 amide bonds. The van der Waals surface area contributed by atoms with E-state index in [4.69, 9.17) is 0 Å². The van der Waals surface area contributed by atoms with Crippen LogP contribution in [-0.4, -0.2) is 8.80 Å². The van der Waals surface area contributed by atoms with Gasteiger partial charge in [0.05, 0.1) is 37.8 Å². The van der Waals surface area contributed by atoms with E-state index in [-0.39, 0.29) is 32.5 Å². The van der Waals surface area contributed by atoms with Crippen LogP contribution in [0.1, 0.15) is 158 Å². The first-order valence-corrected chi connectivity index (χ1v) is 29.0. The number of rotatable bonds is 3. The summed E-state index contributed by atoms with van der Waals surface area (Å²) in [5, 5.41) is 10.5. The molecule has 0 atom stereocenters. The molecule has 3 heteroatoms. The van der Waals surface area contributed by atoms with Crippen molar-refractivity contribution in [2.24, 2.45) is 0 Å². The smallest absolute Gasteiger partial charge is 0.0789 e. The van der Waals surface area contributed by atoms with Crippen molar-refractivity contribution in [1.82, 2.24) is 8.80 Å². The van der Waals surface area contributed by atoms with Gasteiger partial charge in [-0.25, -0.2) is 0 Å². The molecule has 2 nitrogen and oxygen atoms in total. The number of thiophene rings is 1. The lowest BCUT2D eigenvalue weighted by molar-refractivity contribution is 0.568. The van der Waals surface area contributed by atoms with Gasteiger partial charge in [-0.05, 0) is 142 Å². The normalized spacial score (nSPS) is 13.8. The van der Waals surface area contributed by atoms with Crippen molar-refractivity contribution in [3.8, 4) is 33.4 Å². The van der Waals surface area contributed by atoms with Gasteiger partial charge < -0.3 is 8.80 Å². The Morgan fingerprint density at radius 1 is 0.260 bits per heavy atom. The molecule has 0 aliphatic carbocycles. The minimum Gasteiger partial charge on any atom is -0.306 e. The van der Waals surface area contributed by atoms with E-state index in [0.717, 1.165) is 0 Å². The quantitative estimate of drug-likeness (QED) is 0.167. The van der Waals surface area contributed by atoms with Crippen molar-refractivity contribution in [3.63, 3.8) is 0 Å². The van der Waals surface area contributed by atoms with Crippen LogP contribution in [0.5, 0.6) is 0 Å². The van der Waals surface area contributed by atoms with Gasteiger partial charge in [0, 0.05) is 47.8 Å². The first-order chi connectivity index (χ1) is 35.9. The lowest BCUT2D eigenvalue weighted by atomic mass is 9.78. The summed E-state index contributed by atoms with van der Waals surface area (Å²) < 4.78 is 8.05. The Morgan fingerprint density at radius 2 is 0.610 bits per heavy atom. The molecule has 0 aliphatic heterocycles. The van der Waals surface area contributed by atoms with E-state index in [1.54, 1.807) is 0 Å². The minimum absolute atomic E-state index is 0.00271. The molecule has 5 heterocycles. The van der Waals surface area contributed by atoms with Gasteiger partial charge in [0.1, 0.15) is 0 Å². The maximum Gasteiger partial charge on any atom is 0.0789 e. The summed E-state index contributed by atoms with van der Waals surface area (Å²) in [5.74, 6) is 0. The Bertz CT molecular complexity index is 4500. The van der Waals surface area contributed by atoms with E-state index in [2.05, 4.69) is 267 Å². The number of nitrogens with zero attached hydrogens (tertiary/aromatic N) is 2. The summed E-state index contributed by atoms with van der Waals surface area (Å²) in [6.07, 6.45) is 0. The molecule has 0 bridgehead atoms. The monoisotopic (exact) mass is 1020 g/mol. The topological polar surface area (TPSA) is 8.82 Å². The molecule has 388 valence electrons. The third-order valence-corrected chi connectivity index (χ3v) is 18.6. The third-order valence-electron chi connectivity index (χ3n) is 17.4. The predicted molar refractivity (Wildman–Crippen MR) is 340 cm³/mol. The van der Waals surface area contributed by atoms with E-state index >= 15 is 0 Å². The average molecular weight is 1030 g/mol. The number of aromatic nitrogens is 2. The van der Waals surface area contributed by atoms with Crippen molar-refractivity contribution >= 4 is 96.9 Å². The number of fused-ring (bicyclic) bond motifs is 15. The average Bonchev–Trinajstić information content (AvgIpc) is 4.28. The first-order valence-electron chi connectivity index (χ1n) is 28.2. The molecular formula is C74H76N2S. The van der Waals surface area contributed by atoms with E-state index in [1.165, 1.54) is 152 Å². The van der Waals surface area contributed by atoms with Crippen molar-refractivity contribution in [3.05, 3.63) is 167 Å². The molecular weight excluding hydrogens is 949 g/mol. The second-order valence-corrected chi connectivity index (χ2v) is 30.3. The number of hydrogen-bond acceptors (Lipinski definition) is 1. The zero-order chi connectivity index (χ0) is 54.6. The Balaban J connectivity index is 1.19. The standard InChI is InChI=1S/C74H76N2S/c1-69(2,3)47-27-42(28-48(38-47)70(4,5)6)41-23-26-61-56(33-41)59-36-45(43-29-49(71(7,8)9)39-50(30-43)72(10,11)12)34-57-53-24-25-54-58-35-46(44-31-51(73(13,14)15)40-52(32-44)74(16,17)18)37-60-64(58)76(66(54)65(53)75(61)63(57)59)67-55-21-19-20-22-62(55)77-68(60)67/h19-40H,1-18H3. The SMILES string of the molecule is CC(C)(C)c1cc(-c2ccc3c(c2)c2cc(-c4cc(C(C)(C)C)cc(C(C)(C)C)c4)cc4c5ccc6c7cc(-c8cc(C(C)(C)C)cc(C(C)(C)C)c8)cc8c9sc%10ccccc%10c9n(c78)c6c5n3c24)cc(C(C)(C)C)c1. The van der Waals surface area contributed by atoms with E-state index < -0.39 is 0 Å². The van der Waals surface area contributed by atoms with Gasteiger partial charge in [0.15, 0.2) is 0 Å². The van der Waals surface area contributed by atoms with Crippen molar-refractivity contribution in [2.75, 3.05) is 0 Å². The lowest BCUT2D eigenvalue weighted by Gasteiger charge is -2.26. The van der Waals surface area contributed by atoms with Crippen LogP contribution >= 0.6 is 11.3 Å². The van der Waals surface area contributed by atoms with E-state index in [9.17, 15) is 0 Å². The number of benzene rings is 8. The predicted octanol–water partition coefficient (Wildman–Crippen LogP) is 22.0. The van der Waals surface area contributed by atoms with Gasteiger partial charge in [0.2, 0.25) is 0 Å². The van der Waals surface area contributed by atoms with Gasteiger partial charge in [-0.2, -0.15) is 0 Å². The van der Waals surface area contributed by atoms with Crippen LogP contribution < -0.4 is 0 Å². The highest BCUT2D eigenvalue weighted by Gasteiger charge is 2.30. The Kier molecular flexibility index (Phi) is 10.3. The van der Waals surface area contributed by atoms with Crippen LogP contribution in [0.2, 0.25) is 0 Å². The summed E-state index contributed by atoms with van der Waals surface area (Å²) in [5.41, 5.74) is 23.6. The highest BCUT2D eigenvalue weighted by atomic mass is 32.1. The van der Waals surface area contributed by atoms with Gasteiger partial charge in [-0.15, -0.1) is 11.3 Å². The second kappa shape index (κ2) is 16.0. The molecule has 5 aromatic heterocycles. The fourth-order valence-corrected chi connectivity index (χ4v) is 13.8. The first kappa shape index (κ1) is 49.9. The zero-order valence-corrected chi connectivity index (χ0v) is 49.8. The summed E-state index contributed by atoms with van der Waals surface area (Å²) in [7, 11) is 0. The highest BCUT2D eigenvalue weighted by Crippen LogP contribution is 2.52. The van der Waals surface area contributed by atoms with Crippen molar-refractivity contribution in [2.45, 2.75) is 157 Å². The zero-order valence-electron chi connectivity index (χ0n) is 49.0. The maximum absolute atomic E-state index is 2.69. The van der Waals surface area contributed by atoms with E-state index in [0.29, 0.717) is 0 Å². The summed E-state index contributed by atoms with van der Waals surface area (Å²) in [4.78, 5) is 0. The largest absolute Gasteiger partial charge is 0.306 e. The lowest BCUT2D eigenvalue weighted by Crippen LogP contribution is -2.16. The molecule has 0 saturated carbocycles. The second-order valence-electron chi connectivity index (χ2n) is 29.3. The van der Waals surface area contributed by atoms with Crippen molar-refractivity contribution in [1.29, 1.82) is 0 Å². The third kappa shape index (κ3) is 7.67. The molecule has 0 spiro atoms. The molecule has 8 aromatic carbocycles. The van der Waals surface area contributed by atoms with Gasteiger partial charge in [-0.1, -0.05) is 216 Å². The van der Waals surface area contributed by atoms with Crippen LogP contribution in [0, 0.1) is 0 Å². The van der Waals surface area contributed by atoms with Gasteiger partial charge >= 0.3 is 0 Å². The maximum atomic E-state index is 2.69. The molecule has 0 unspecified atom stereocenters. The summed E-state index contributed by atoms with van der Waals surface area (Å²) >= 11 is 1.95. The van der Waals surface area contributed by atoms with Crippen LogP contribution in [0.3, 0.4) is 0 Å². The number of hydrogen-bond donors (Lipinski definition) is 0.